The molecule has 0 spiro atoms. The average molecular weight is 295 g/mol. The fraction of sp³-hybridized carbons (Fsp3) is 0.429. The fourth-order valence-electron chi connectivity index (χ4n) is 1.73. The SMILES string of the molecule is CC(C)NCc1c(Cl)cccc1OCc1nncn1C. The maximum Gasteiger partial charge on any atom is 0.170 e. The van der Waals surface area contributed by atoms with Crippen LogP contribution in [0.5, 0.6) is 5.75 Å². The first kappa shape index (κ1) is 14.8. The Hall–Kier alpha value is -1.59. The molecule has 1 aromatic heterocycles. The molecule has 0 unspecified atom stereocenters. The highest BCUT2D eigenvalue weighted by molar-refractivity contribution is 6.31. The topological polar surface area (TPSA) is 52.0 Å². The van der Waals surface area contributed by atoms with Gasteiger partial charge in [-0.15, -0.1) is 10.2 Å². The van der Waals surface area contributed by atoms with Crippen LogP contribution in [0.15, 0.2) is 24.5 Å². The molecule has 2 rings (SSSR count). The number of hydrogen-bond donors (Lipinski definition) is 1. The molecule has 6 heteroatoms. The number of ether oxygens (including phenoxy) is 1. The van der Waals surface area contributed by atoms with Gasteiger partial charge < -0.3 is 14.6 Å². The smallest absolute Gasteiger partial charge is 0.170 e. The summed E-state index contributed by atoms with van der Waals surface area (Å²) < 4.78 is 7.66. The first-order chi connectivity index (χ1) is 9.58. The van der Waals surface area contributed by atoms with Crippen molar-refractivity contribution in [1.29, 1.82) is 0 Å². The molecule has 0 saturated carbocycles. The van der Waals surface area contributed by atoms with Crippen molar-refractivity contribution < 1.29 is 4.74 Å². The van der Waals surface area contributed by atoms with Crippen molar-refractivity contribution in [2.45, 2.75) is 33.0 Å². The maximum atomic E-state index is 6.25. The lowest BCUT2D eigenvalue weighted by Gasteiger charge is -2.14. The quantitative estimate of drug-likeness (QED) is 0.889. The van der Waals surface area contributed by atoms with Gasteiger partial charge in [0.15, 0.2) is 5.82 Å². The van der Waals surface area contributed by atoms with Gasteiger partial charge in [-0.1, -0.05) is 31.5 Å². The summed E-state index contributed by atoms with van der Waals surface area (Å²) >= 11 is 6.25. The molecule has 0 aliphatic heterocycles. The van der Waals surface area contributed by atoms with E-state index in [4.69, 9.17) is 16.3 Å². The molecule has 0 aliphatic rings. The summed E-state index contributed by atoms with van der Waals surface area (Å²) in [5.74, 6) is 1.54. The number of nitrogens with one attached hydrogen (secondary N) is 1. The van der Waals surface area contributed by atoms with Crippen molar-refractivity contribution in [3.05, 3.63) is 40.9 Å². The van der Waals surface area contributed by atoms with Crippen LogP contribution < -0.4 is 10.1 Å². The fourth-order valence-corrected chi connectivity index (χ4v) is 1.96. The van der Waals surface area contributed by atoms with Crippen LogP contribution in [0.3, 0.4) is 0 Å². The highest BCUT2D eigenvalue weighted by Crippen LogP contribution is 2.27. The number of benzene rings is 1. The van der Waals surface area contributed by atoms with E-state index in [0.717, 1.165) is 17.1 Å². The van der Waals surface area contributed by atoms with Crippen LogP contribution in [0.4, 0.5) is 0 Å². The second-order valence-electron chi connectivity index (χ2n) is 4.90. The largest absolute Gasteiger partial charge is 0.485 e. The number of hydrogen-bond acceptors (Lipinski definition) is 4. The Morgan fingerprint density at radius 3 is 2.85 bits per heavy atom. The van der Waals surface area contributed by atoms with Gasteiger partial charge in [-0.2, -0.15) is 0 Å². The van der Waals surface area contributed by atoms with Crippen LogP contribution in [-0.2, 0) is 20.2 Å². The van der Waals surface area contributed by atoms with E-state index < -0.39 is 0 Å². The third-order valence-corrected chi connectivity index (χ3v) is 3.28. The molecule has 1 N–H and O–H groups in total. The van der Waals surface area contributed by atoms with Gasteiger partial charge in [0.1, 0.15) is 18.7 Å². The lowest BCUT2D eigenvalue weighted by Crippen LogP contribution is -2.22. The molecule has 0 saturated heterocycles. The van der Waals surface area contributed by atoms with Gasteiger partial charge >= 0.3 is 0 Å². The highest BCUT2D eigenvalue weighted by Gasteiger charge is 2.10. The Morgan fingerprint density at radius 1 is 1.40 bits per heavy atom. The summed E-state index contributed by atoms with van der Waals surface area (Å²) in [6.45, 7) is 5.23. The zero-order valence-electron chi connectivity index (χ0n) is 11.9. The van der Waals surface area contributed by atoms with Crippen LogP contribution in [-0.4, -0.2) is 20.8 Å². The van der Waals surface area contributed by atoms with E-state index in [2.05, 4.69) is 29.4 Å². The van der Waals surface area contributed by atoms with Crippen LogP contribution in [0, 0.1) is 0 Å². The average Bonchev–Trinajstić information content (AvgIpc) is 2.80. The van der Waals surface area contributed by atoms with E-state index in [9.17, 15) is 0 Å². The van der Waals surface area contributed by atoms with E-state index in [1.807, 2.05) is 29.8 Å². The first-order valence-corrected chi connectivity index (χ1v) is 6.92. The molecule has 0 bridgehead atoms. The Morgan fingerprint density at radius 2 is 2.20 bits per heavy atom. The third kappa shape index (κ3) is 3.71. The van der Waals surface area contributed by atoms with Gasteiger partial charge in [-0.25, -0.2) is 0 Å². The summed E-state index contributed by atoms with van der Waals surface area (Å²) in [7, 11) is 1.89. The molecule has 108 valence electrons. The van der Waals surface area contributed by atoms with Gasteiger partial charge in [0.05, 0.1) is 0 Å². The highest BCUT2D eigenvalue weighted by atomic mass is 35.5. The number of aromatic nitrogens is 3. The van der Waals surface area contributed by atoms with Crippen LogP contribution in [0.1, 0.15) is 25.2 Å². The molecule has 0 aliphatic carbocycles. The predicted octanol–water partition coefficient (Wildman–Crippen LogP) is 2.55. The predicted molar refractivity (Wildman–Crippen MR) is 78.8 cm³/mol. The van der Waals surface area contributed by atoms with Gasteiger partial charge in [0, 0.05) is 30.2 Å². The van der Waals surface area contributed by atoms with Gasteiger partial charge in [-0.3, -0.25) is 0 Å². The number of nitrogens with zero attached hydrogens (tertiary/aromatic N) is 3. The van der Waals surface area contributed by atoms with Crippen molar-refractivity contribution in [2.24, 2.45) is 7.05 Å². The lowest BCUT2D eigenvalue weighted by atomic mass is 10.2. The summed E-state index contributed by atoms with van der Waals surface area (Å²) in [5, 5.41) is 11.9. The molecule has 20 heavy (non-hydrogen) atoms. The zero-order chi connectivity index (χ0) is 14.5. The van der Waals surface area contributed by atoms with E-state index in [1.165, 1.54) is 0 Å². The van der Waals surface area contributed by atoms with Gasteiger partial charge in [0.25, 0.3) is 0 Å². The Labute approximate surface area is 123 Å². The summed E-state index contributed by atoms with van der Waals surface area (Å²) in [4.78, 5) is 0. The maximum absolute atomic E-state index is 6.25. The van der Waals surface area contributed by atoms with E-state index in [0.29, 0.717) is 24.2 Å². The monoisotopic (exact) mass is 294 g/mol. The molecule has 1 aromatic carbocycles. The van der Waals surface area contributed by atoms with Crippen LogP contribution >= 0.6 is 11.6 Å². The first-order valence-electron chi connectivity index (χ1n) is 6.54. The molecular formula is C14H19ClN4O. The second-order valence-corrected chi connectivity index (χ2v) is 5.31. The summed E-state index contributed by atoms with van der Waals surface area (Å²) in [6, 6.07) is 6.05. The third-order valence-electron chi connectivity index (χ3n) is 2.92. The minimum atomic E-state index is 0.367. The van der Waals surface area contributed by atoms with Gasteiger partial charge in [0.2, 0.25) is 0 Å². The summed E-state index contributed by atoms with van der Waals surface area (Å²) in [6.07, 6.45) is 1.65. The molecule has 5 nitrogen and oxygen atoms in total. The molecule has 0 fully saturated rings. The molecule has 0 atom stereocenters. The number of aryl methyl sites for hydroxylation is 1. The van der Waals surface area contributed by atoms with Crippen LogP contribution in [0.2, 0.25) is 5.02 Å². The van der Waals surface area contributed by atoms with Crippen molar-refractivity contribution in [1.82, 2.24) is 20.1 Å². The lowest BCUT2D eigenvalue weighted by molar-refractivity contribution is 0.287. The van der Waals surface area contributed by atoms with Crippen molar-refractivity contribution in [3.8, 4) is 5.75 Å². The van der Waals surface area contributed by atoms with Crippen molar-refractivity contribution in [3.63, 3.8) is 0 Å². The van der Waals surface area contributed by atoms with Gasteiger partial charge in [-0.05, 0) is 12.1 Å². The van der Waals surface area contributed by atoms with E-state index in [1.54, 1.807) is 6.33 Å². The molecular weight excluding hydrogens is 276 g/mol. The Kier molecular flexibility index (Phi) is 4.98. The van der Waals surface area contributed by atoms with Crippen molar-refractivity contribution in [2.75, 3.05) is 0 Å². The number of rotatable bonds is 6. The summed E-state index contributed by atoms with van der Waals surface area (Å²) in [5.41, 5.74) is 0.963. The normalized spacial score (nSPS) is 11.1. The number of halogens is 1. The van der Waals surface area contributed by atoms with Crippen molar-refractivity contribution >= 4 is 11.6 Å². The standard InChI is InChI=1S/C14H19ClN4O/c1-10(2)16-7-11-12(15)5-4-6-13(11)20-8-14-18-17-9-19(14)3/h4-6,9-10,16H,7-8H2,1-3H3. The minimum Gasteiger partial charge on any atom is -0.485 e. The minimum absolute atomic E-state index is 0.367. The zero-order valence-corrected chi connectivity index (χ0v) is 12.7. The second kappa shape index (κ2) is 6.72. The Bertz CT molecular complexity index is 568. The molecule has 0 radical (unpaired) electrons. The molecule has 1 heterocycles. The molecule has 0 amide bonds. The van der Waals surface area contributed by atoms with Crippen LogP contribution in [0.25, 0.3) is 0 Å². The molecule has 2 aromatic rings. The Balaban J connectivity index is 2.10. The van der Waals surface area contributed by atoms with E-state index in [-0.39, 0.29) is 0 Å². The van der Waals surface area contributed by atoms with E-state index >= 15 is 0 Å².